The average molecular weight is 234 g/mol. The molecule has 0 rings (SSSR count). The summed E-state index contributed by atoms with van der Waals surface area (Å²) in [5.41, 5.74) is -0.808. The van der Waals surface area contributed by atoms with E-state index in [4.69, 9.17) is 0 Å². The standard InChI is InChI=1S/C6H13F3N2O2S/c1-5(2,3)11-14(12,13)10-4-6(7,8)9/h10-11H,4H2,1-3H3. The molecule has 0 unspecified atom stereocenters. The highest BCUT2D eigenvalue weighted by atomic mass is 32.2. The van der Waals surface area contributed by atoms with Gasteiger partial charge in [0.2, 0.25) is 0 Å². The van der Waals surface area contributed by atoms with Crippen molar-refractivity contribution in [3.05, 3.63) is 0 Å². The largest absolute Gasteiger partial charge is 0.402 e. The van der Waals surface area contributed by atoms with Crippen molar-refractivity contribution in [1.29, 1.82) is 0 Å². The monoisotopic (exact) mass is 234 g/mol. The molecule has 0 aromatic rings. The molecule has 0 aliphatic carbocycles. The Kier molecular flexibility index (Phi) is 3.93. The fourth-order valence-corrected chi connectivity index (χ4v) is 1.85. The van der Waals surface area contributed by atoms with E-state index in [2.05, 4.69) is 0 Å². The topological polar surface area (TPSA) is 58.2 Å². The van der Waals surface area contributed by atoms with Gasteiger partial charge in [0.05, 0.1) is 0 Å². The maximum absolute atomic E-state index is 11.7. The molecule has 0 aliphatic rings. The molecule has 0 aliphatic heterocycles. The summed E-state index contributed by atoms with van der Waals surface area (Å²) in [6.07, 6.45) is -4.55. The zero-order chi connectivity index (χ0) is 11.6. The highest BCUT2D eigenvalue weighted by Gasteiger charge is 2.30. The lowest BCUT2D eigenvalue weighted by molar-refractivity contribution is -0.121. The molecule has 4 nitrogen and oxygen atoms in total. The predicted molar refractivity (Wildman–Crippen MR) is 45.9 cm³/mol. The fourth-order valence-electron chi connectivity index (χ4n) is 0.616. The van der Waals surface area contributed by atoms with Crippen LogP contribution in [0, 0.1) is 0 Å². The summed E-state index contributed by atoms with van der Waals surface area (Å²) in [6.45, 7) is 3.01. The van der Waals surface area contributed by atoms with Crippen molar-refractivity contribution in [2.24, 2.45) is 0 Å². The molecule has 14 heavy (non-hydrogen) atoms. The molecule has 0 spiro atoms. The Morgan fingerprint density at radius 1 is 1.14 bits per heavy atom. The van der Waals surface area contributed by atoms with Crippen molar-refractivity contribution in [3.63, 3.8) is 0 Å². The molecule has 0 saturated heterocycles. The van der Waals surface area contributed by atoms with Crippen molar-refractivity contribution in [3.8, 4) is 0 Å². The molecule has 2 N–H and O–H groups in total. The van der Waals surface area contributed by atoms with Crippen LogP contribution in [-0.2, 0) is 10.2 Å². The molecule has 8 heteroatoms. The van der Waals surface area contributed by atoms with Crippen molar-refractivity contribution in [1.82, 2.24) is 9.44 Å². The van der Waals surface area contributed by atoms with Crippen LogP contribution in [0.1, 0.15) is 20.8 Å². The van der Waals surface area contributed by atoms with Crippen molar-refractivity contribution in [2.75, 3.05) is 6.54 Å². The molecule has 0 amide bonds. The van der Waals surface area contributed by atoms with Gasteiger partial charge in [-0.2, -0.15) is 31.0 Å². The van der Waals surface area contributed by atoms with Gasteiger partial charge in [0.25, 0.3) is 10.2 Å². The Morgan fingerprint density at radius 3 is 1.86 bits per heavy atom. The van der Waals surface area contributed by atoms with E-state index in [1.165, 1.54) is 25.5 Å². The van der Waals surface area contributed by atoms with Crippen molar-refractivity contribution >= 4 is 10.2 Å². The van der Waals surface area contributed by atoms with E-state index in [1.807, 2.05) is 4.72 Å². The molecule has 0 aromatic heterocycles. The Morgan fingerprint density at radius 2 is 1.57 bits per heavy atom. The van der Waals surface area contributed by atoms with Gasteiger partial charge in [-0.1, -0.05) is 0 Å². The van der Waals surface area contributed by atoms with E-state index >= 15 is 0 Å². The first kappa shape index (κ1) is 13.7. The normalized spacial score (nSPS) is 14.4. The van der Waals surface area contributed by atoms with Crippen LogP contribution in [0.5, 0.6) is 0 Å². The molecule has 0 radical (unpaired) electrons. The Balaban J connectivity index is 4.25. The number of halogens is 3. The number of nitrogens with one attached hydrogen (secondary N) is 2. The van der Waals surface area contributed by atoms with Crippen LogP contribution in [0.2, 0.25) is 0 Å². The van der Waals surface area contributed by atoms with Crippen molar-refractivity contribution in [2.45, 2.75) is 32.5 Å². The lowest BCUT2D eigenvalue weighted by Gasteiger charge is -2.20. The maximum atomic E-state index is 11.7. The lowest BCUT2D eigenvalue weighted by atomic mass is 10.1. The summed E-state index contributed by atoms with van der Waals surface area (Å²) in [4.78, 5) is 0. The van der Waals surface area contributed by atoms with Gasteiger partial charge >= 0.3 is 6.18 Å². The van der Waals surface area contributed by atoms with Crippen LogP contribution < -0.4 is 9.44 Å². The lowest BCUT2D eigenvalue weighted by Crippen LogP contribution is -2.48. The van der Waals surface area contributed by atoms with E-state index in [1.54, 1.807) is 0 Å². The quantitative estimate of drug-likeness (QED) is 0.757. The Labute approximate surface area is 81.1 Å². The number of alkyl halides is 3. The third kappa shape index (κ3) is 8.27. The first-order chi connectivity index (χ1) is 5.91. The first-order valence-electron chi connectivity index (χ1n) is 3.77. The van der Waals surface area contributed by atoms with Crippen LogP contribution in [0.15, 0.2) is 0 Å². The first-order valence-corrected chi connectivity index (χ1v) is 5.25. The minimum atomic E-state index is -4.55. The van der Waals surface area contributed by atoms with E-state index in [0.717, 1.165) is 0 Å². The number of hydrogen-bond donors (Lipinski definition) is 2. The smallest absolute Gasteiger partial charge is 0.197 e. The SMILES string of the molecule is CC(C)(C)NS(=O)(=O)NCC(F)(F)F. The average Bonchev–Trinajstić information content (AvgIpc) is 1.76. The molecule has 0 heterocycles. The van der Waals surface area contributed by atoms with Gasteiger partial charge in [0.15, 0.2) is 0 Å². The third-order valence-electron chi connectivity index (χ3n) is 0.903. The van der Waals surface area contributed by atoms with E-state index in [9.17, 15) is 21.6 Å². The minimum absolute atomic E-state index is 0.808. The van der Waals surface area contributed by atoms with Crippen LogP contribution >= 0.6 is 0 Å². The molecular weight excluding hydrogens is 221 g/mol. The summed E-state index contributed by atoms with van der Waals surface area (Å²) in [6, 6.07) is 0. The number of hydrogen-bond acceptors (Lipinski definition) is 2. The van der Waals surface area contributed by atoms with Gasteiger partial charge in [-0.15, -0.1) is 0 Å². The molecule has 0 aromatic carbocycles. The number of rotatable bonds is 3. The van der Waals surface area contributed by atoms with Gasteiger partial charge < -0.3 is 0 Å². The van der Waals surface area contributed by atoms with Gasteiger partial charge in [-0.25, -0.2) is 0 Å². The second kappa shape index (κ2) is 4.03. The highest BCUT2D eigenvalue weighted by molar-refractivity contribution is 7.87. The zero-order valence-corrected chi connectivity index (χ0v) is 8.88. The molecular formula is C6H13F3N2O2S. The summed E-state index contributed by atoms with van der Waals surface area (Å²) in [5.74, 6) is 0. The van der Waals surface area contributed by atoms with Gasteiger partial charge in [0, 0.05) is 5.54 Å². The third-order valence-corrected chi connectivity index (χ3v) is 2.31. The zero-order valence-electron chi connectivity index (χ0n) is 8.07. The second-order valence-corrected chi connectivity index (χ2v) is 5.29. The Bertz CT molecular complexity index is 278. The van der Waals surface area contributed by atoms with Crippen LogP contribution in [0.3, 0.4) is 0 Å². The maximum Gasteiger partial charge on any atom is 0.402 e. The summed E-state index contributed by atoms with van der Waals surface area (Å²) < 4.78 is 60.4. The van der Waals surface area contributed by atoms with E-state index in [-0.39, 0.29) is 0 Å². The molecule has 0 saturated carbocycles. The van der Waals surface area contributed by atoms with Crippen LogP contribution in [0.4, 0.5) is 13.2 Å². The van der Waals surface area contributed by atoms with Gasteiger partial charge in [0.1, 0.15) is 6.54 Å². The van der Waals surface area contributed by atoms with Gasteiger partial charge in [-0.3, -0.25) is 0 Å². The minimum Gasteiger partial charge on any atom is -0.197 e. The molecule has 0 atom stereocenters. The van der Waals surface area contributed by atoms with Crippen LogP contribution in [0.25, 0.3) is 0 Å². The summed E-state index contributed by atoms with van der Waals surface area (Å²) in [5, 5.41) is 0. The summed E-state index contributed by atoms with van der Waals surface area (Å²) >= 11 is 0. The van der Waals surface area contributed by atoms with Crippen LogP contribution in [-0.4, -0.2) is 26.7 Å². The van der Waals surface area contributed by atoms with E-state index < -0.39 is 28.5 Å². The van der Waals surface area contributed by atoms with Crippen molar-refractivity contribution < 1.29 is 21.6 Å². The second-order valence-electron chi connectivity index (χ2n) is 3.79. The van der Waals surface area contributed by atoms with E-state index in [0.29, 0.717) is 0 Å². The Hall–Kier alpha value is -0.340. The van der Waals surface area contributed by atoms with Gasteiger partial charge in [-0.05, 0) is 20.8 Å². The molecule has 86 valence electrons. The predicted octanol–water partition coefficient (Wildman–Crippen LogP) is 0.771. The highest BCUT2D eigenvalue weighted by Crippen LogP contribution is 2.12. The molecule has 0 bridgehead atoms. The summed E-state index contributed by atoms with van der Waals surface area (Å²) in [7, 11) is -4.09. The molecule has 0 fully saturated rings. The fraction of sp³-hybridized carbons (Fsp3) is 1.00.